The average molecular weight is 532 g/mol. The van der Waals surface area contributed by atoms with Gasteiger partial charge in [-0.25, -0.2) is 14.2 Å². The Kier molecular flexibility index (Phi) is 6.82. The maximum absolute atomic E-state index is 16.0. The zero-order chi connectivity index (χ0) is 27.9. The summed E-state index contributed by atoms with van der Waals surface area (Å²) in [6.07, 6.45) is 5.72. The van der Waals surface area contributed by atoms with E-state index < -0.39 is 29.3 Å². The molecular formula is C29H30FN5O4. The number of nitrogens with zero attached hydrogens (tertiary/aromatic N) is 3. The van der Waals surface area contributed by atoms with Crippen LogP contribution in [0.5, 0.6) is 0 Å². The van der Waals surface area contributed by atoms with Gasteiger partial charge in [0.1, 0.15) is 23.6 Å². The molecule has 202 valence electrons. The molecule has 1 aliphatic rings. The Balaban J connectivity index is 1.52. The van der Waals surface area contributed by atoms with E-state index in [-0.39, 0.29) is 31.1 Å². The van der Waals surface area contributed by atoms with Crippen molar-refractivity contribution in [1.82, 2.24) is 25.2 Å². The standard InChI is InChI=1S/C29H30FN5O4/c1-16-9-20(21-6-8-32-27-25(21)22(12-33-27)19-5-4-7-31-11-19)10-23(30)26(16)29(39)17(2)14-35(15-18(29)3)24(36)13-34-28(37)38/h4-12,17-18,34,39H,13-15H2,1-3H3,(H,32,33)(H,37,38)/t17-,18+,29-. The number of fused-ring (bicyclic) bond motifs is 1. The summed E-state index contributed by atoms with van der Waals surface area (Å²) in [5, 5.41) is 23.7. The van der Waals surface area contributed by atoms with Crippen LogP contribution in [-0.2, 0) is 10.4 Å². The number of aromatic amines is 1. The average Bonchev–Trinajstić information content (AvgIpc) is 3.35. The number of carbonyl (C=O) groups excluding carboxylic acids is 1. The highest BCUT2D eigenvalue weighted by Gasteiger charge is 2.48. The molecule has 3 atom stereocenters. The predicted molar refractivity (Wildman–Crippen MR) is 144 cm³/mol. The van der Waals surface area contributed by atoms with E-state index in [1.807, 2.05) is 30.5 Å². The molecule has 4 N–H and O–H groups in total. The number of benzene rings is 1. The van der Waals surface area contributed by atoms with Crippen LogP contribution in [0, 0.1) is 24.6 Å². The molecule has 3 aromatic heterocycles. The predicted octanol–water partition coefficient (Wildman–Crippen LogP) is 4.31. The topological polar surface area (TPSA) is 131 Å². The van der Waals surface area contributed by atoms with E-state index in [1.165, 1.54) is 11.0 Å². The third-order valence-electron chi connectivity index (χ3n) is 7.78. The highest BCUT2D eigenvalue weighted by atomic mass is 19.1. The molecule has 0 radical (unpaired) electrons. The number of aromatic nitrogens is 3. The summed E-state index contributed by atoms with van der Waals surface area (Å²) in [6, 6.07) is 8.97. The van der Waals surface area contributed by atoms with Crippen molar-refractivity contribution < 1.29 is 24.2 Å². The number of halogens is 1. The van der Waals surface area contributed by atoms with Crippen molar-refractivity contribution in [1.29, 1.82) is 0 Å². The summed E-state index contributed by atoms with van der Waals surface area (Å²) >= 11 is 0. The number of hydrogen-bond acceptors (Lipinski definition) is 5. The van der Waals surface area contributed by atoms with Gasteiger partial charge < -0.3 is 25.4 Å². The van der Waals surface area contributed by atoms with E-state index in [0.717, 1.165) is 22.1 Å². The van der Waals surface area contributed by atoms with Crippen molar-refractivity contribution in [2.24, 2.45) is 11.8 Å². The van der Waals surface area contributed by atoms with Gasteiger partial charge in [0.25, 0.3) is 0 Å². The monoisotopic (exact) mass is 531 g/mol. The van der Waals surface area contributed by atoms with Gasteiger partial charge in [-0.15, -0.1) is 0 Å². The number of rotatable bonds is 5. The van der Waals surface area contributed by atoms with Crippen LogP contribution in [0.3, 0.4) is 0 Å². The lowest BCUT2D eigenvalue weighted by atomic mass is 9.69. The second-order valence-electron chi connectivity index (χ2n) is 10.3. The Bertz CT molecular complexity index is 1520. The van der Waals surface area contributed by atoms with E-state index in [9.17, 15) is 14.7 Å². The first-order valence-electron chi connectivity index (χ1n) is 12.8. The van der Waals surface area contributed by atoms with Gasteiger partial charge in [0.15, 0.2) is 0 Å². The SMILES string of the molecule is Cc1cc(-c2ccnc3[nH]cc(-c4cccnc4)c23)cc(F)c1[C@@]1(O)[C@H](C)CN(C(=O)CNC(=O)O)C[C@@H]1C. The van der Waals surface area contributed by atoms with Gasteiger partial charge in [-0.1, -0.05) is 26.0 Å². The van der Waals surface area contributed by atoms with Crippen LogP contribution in [0.4, 0.5) is 9.18 Å². The van der Waals surface area contributed by atoms with E-state index in [4.69, 9.17) is 5.11 Å². The van der Waals surface area contributed by atoms with Gasteiger partial charge in [0.2, 0.25) is 5.91 Å². The number of carboxylic acid groups (broad SMARTS) is 1. The molecule has 1 aliphatic heterocycles. The van der Waals surface area contributed by atoms with Gasteiger partial charge >= 0.3 is 6.09 Å². The van der Waals surface area contributed by atoms with Crippen LogP contribution in [0.15, 0.2) is 55.1 Å². The van der Waals surface area contributed by atoms with Gasteiger partial charge in [-0.2, -0.15) is 0 Å². The minimum Gasteiger partial charge on any atom is -0.465 e. The van der Waals surface area contributed by atoms with Crippen molar-refractivity contribution >= 4 is 23.0 Å². The Hall–Kier alpha value is -4.31. The second kappa shape index (κ2) is 10.1. The van der Waals surface area contributed by atoms with E-state index in [1.54, 1.807) is 39.4 Å². The fourth-order valence-corrected chi connectivity index (χ4v) is 5.91. The molecule has 1 aromatic carbocycles. The first kappa shape index (κ1) is 26.3. The van der Waals surface area contributed by atoms with Gasteiger partial charge in [-0.3, -0.25) is 9.78 Å². The van der Waals surface area contributed by atoms with Crippen molar-refractivity contribution in [3.8, 4) is 22.3 Å². The fraction of sp³-hybridized carbons (Fsp3) is 0.310. The maximum Gasteiger partial charge on any atom is 0.405 e. The molecule has 9 nitrogen and oxygen atoms in total. The van der Waals surface area contributed by atoms with E-state index in [0.29, 0.717) is 16.8 Å². The molecule has 0 unspecified atom stereocenters. The Morgan fingerprint density at radius 1 is 1.15 bits per heavy atom. The molecule has 2 amide bonds. The largest absolute Gasteiger partial charge is 0.465 e. The normalized spacial score (nSPS) is 21.2. The minimum absolute atomic E-state index is 0.171. The number of aryl methyl sites for hydroxylation is 1. The van der Waals surface area contributed by atoms with Gasteiger partial charge in [0.05, 0.1) is 0 Å². The molecule has 1 fully saturated rings. The summed E-state index contributed by atoms with van der Waals surface area (Å²) in [5.74, 6) is -1.91. The quantitative estimate of drug-likeness (QED) is 0.304. The molecule has 39 heavy (non-hydrogen) atoms. The Morgan fingerprint density at radius 2 is 1.90 bits per heavy atom. The molecular weight excluding hydrogens is 501 g/mol. The molecule has 4 aromatic rings. The zero-order valence-corrected chi connectivity index (χ0v) is 21.9. The summed E-state index contributed by atoms with van der Waals surface area (Å²) in [5.41, 5.74) is 3.23. The molecule has 0 bridgehead atoms. The summed E-state index contributed by atoms with van der Waals surface area (Å²) in [4.78, 5) is 36.7. The highest BCUT2D eigenvalue weighted by molar-refractivity contribution is 6.04. The molecule has 0 aliphatic carbocycles. The maximum atomic E-state index is 16.0. The number of carbonyl (C=O) groups is 2. The lowest BCUT2D eigenvalue weighted by Crippen LogP contribution is -2.57. The number of nitrogens with one attached hydrogen (secondary N) is 2. The van der Waals surface area contributed by atoms with Crippen molar-refractivity contribution in [3.63, 3.8) is 0 Å². The third-order valence-corrected chi connectivity index (χ3v) is 7.78. The summed E-state index contributed by atoms with van der Waals surface area (Å²) < 4.78 is 16.0. The first-order valence-corrected chi connectivity index (χ1v) is 12.8. The van der Waals surface area contributed by atoms with Gasteiger partial charge in [-0.05, 0) is 41.8 Å². The number of likely N-dealkylation sites (tertiary alicyclic amines) is 1. The Morgan fingerprint density at radius 3 is 2.54 bits per heavy atom. The molecule has 0 spiro atoms. The molecule has 4 heterocycles. The van der Waals surface area contributed by atoms with Crippen molar-refractivity contribution in [2.75, 3.05) is 19.6 Å². The minimum atomic E-state index is -1.52. The second-order valence-corrected chi connectivity index (χ2v) is 10.3. The highest BCUT2D eigenvalue weighted by Crippen LogP contribution is 2.45. The first-order chi connectivity index (χ1) is 18.6. The number of H-pyrrole nitrogens is 1. The lowest BCUT2D eigenvalue weighted by molar-refractivity contribution is -0.148. The number of pyridine rings is 2. The van der Waals surface area contributed by atoms with Crippen LogP contribution in [0.2, 0.25) is 0 Å². The van der Waals surface area contributed by atoms with Crippen molar-refractivity contribution in [3.05, 3.63) is 72.1 Å². The van der Waals surface area contributed by atoms with Crippen LogP contribution in [0.1, 0.15) is 25.0 Å². The van der Waals surface area contributed by atoms with Crippen LogP contribution >= 0.6 is 0 Å². The Labute approximate surface area is 224 Å². The number of aliphatic hydroxyl groups is 1. The molecule has 5 rings (SSSR count). The number of amides is 2. The summed E-state index contributed by atoms with van der Waals surface area (Å²) in [6.45, 7) is 5.33. The van der Waals surface area contributed by atoms with E-state index >= 15 is 4.39 Å². The number of piperidine rings is 1. The third kappa shape index (κ3) is 4.61. The van der Waals surface area contributed by atoms with Gasteiger partial charge in [0, 0.05) is 71.8 Å². The van der Waals surface area contributed by atoms with Crippen molar-refractivity contribution in [2.45, 2.75) is 26.4 Å². The molecule has 1 saturated heterocycles. The zero-order valence-electron chi connectivity index (χ0n) is 21.9. The fourth-order valence-electron chi connectivity index (χ4n) is 5.91. The van der Waals surface area contributed by atoms with Crippen LogP contribution in [0.25, 0.3) is 33.3 Å². The van der Waals surface area contributed by atoms with Crippen LogP contribution in [-0.4, -0.2) is 61.7 Å². The molecule has 0 saturated carbocycles. The summed E-state index contributed by atoms with van der Waals surface area (Å²) in [7, 11) is 0. The smallest absolute Gasteiger partial charge is 0.405 e. The lowest BCUT2D eigenvalue weighted by Gasteiger charge is -2.48. The molecule has 10 heteroatoms. The van der Waals surface area contributed by atoms with Crippen LogP contribution < -0.4 is 5.32 Å². The number of hydrogen-bond donors (Lipinski definition) is 4. The van der Waals surface area contributed by atoms with E-state index in [2.05, 4.69) is 20.3 Å².